The Balaban J connectivity index is 1.33. The van der Waals surface area contributed by atoms with E-state index in [9.17, 15) is 4.79 Å². The van der Waals surface area contributed by atoms with Crippen LogP contribution < -0.4 is 5.32 Å². The number of fused-ring (bicyclic) bond motifs is 1. The summed E-state index contributed by atoms with van der Waals surface area (Å²) in [6.07, 6.45) is 0.149. The van der Waals surface area contributed by atoms with Crippen LogP contribution in [0.25, 0.3) is 0 Å². The molecule has 7 heteroatoms. The van der Waals surface area contributed by atoms with E-state index in [2.05, 4.69) is 15.4 Å². The van der Waals surface area contributed by atoms with Crippen LogP contribution in [0.15, 0.2) is 28.1 Å². The number of nitrogens with zero attached hydrogens (tertiary/aromatic N) is 2. The molecule has 0 aliphatic carbocycles. The van der Waals surface area contributed by atoms with Crippen molar-refractivity contribution in [2.24, 2.45) is 11.8 Å². The Morgan fingerprint density at radius 2 is 2.42 bits per heavy atom. The summed E-state index contributed by atoms with van der Waals surface area (Å²) in [5, 5.41) is 9.13. The molecule has 24 heavy (non-hydrogen) atoms. The fourth-order valence-corrected chi connectivity index (χ4v) is 4.28. The number of hydrogen-bond donors (Lipinski definition) is 1. The van der Waals surface area contributed by atoms with Crippen LogP contribution >= 0.6 is 11.3 Å². The highest BCUT2D eigenvalue weighted by Gasteiger charge is 2.46. The number of hydrogen-bond acceptors (Lipinski definition) is 6. The van der Waals surface area contributed by atoms with Crippen LogP contribution in [0.4, 0.5) is 0 Å². The van der Waals surface area contributed by atoms with Crippen LogP contribution in [-0.4, -0.2) is 41.8 Å². The second-order valence-electron chi connectivity index (χ2n) is 6.56. The molecule has 0 radical (unpaired) electrons. The van der Waals surface area contributed by atoms with Crippen molar-refractivity contribution in [2.75, 3.05) is 19.7 Å². The molecule has 128 valence electrons. The van der Waals surface area contributed by atoms with Gasteiger partial charge in [0.05, 0.1) is 30.9 Å². The molecule has 0 bridgehead atoms. The van der Waals surface area contributed by atoms with Gasteiger partial charge in [0.2, 0.25) is 5.91 Å². The van der Waals surface area contributed by atoms with Crippen LogP contribution in [0.5, 0.6) is 0 Å². The van der Waals surface area contributed by atoms with Gasteiger partial charge in [-0.2, -0.15) is 0 Å². The SMILES string of the molecule is Cc1cc(CN2C[C@@H]3[C@@H](C(=O)NCc4cccs4)CO[C@@H]3C2)no1. The van der Waals surface area contributed by atoms with E-state index < -0.39 is 0 Å². The monoisotopic (exact) mass is 347 g/mol. The van der Waals surface area contributed by atoms with Gasteiger partial charge in [-0.25, -0.2) is 0 Å². The molecule has 2 aromatic rings. The van der Waals surface area contributed by atoms with Crippen LogP contribution in [-0.2, 0) is 22.6 Å². The maximum atomic E-state index is 12.5. The lowest BCUT2D eigenvalue weighted by molar-refractivity contribution is -0.126. The number of ether oxygens (including phenoxy) is 1. The Morgan fingerprint density at radius 1 is 1.50 bits per heavy atom. The molecule has 4 rings (SSSR count). The summed E-state index contributed by atoms with van der Waals surface area (Å²) >= 11 is 1.66. The Labute approximate surface area is 144 Å². The maximum Gasteiger partial charge on any atom is 0.226 e. The molecule has 0 aromatic carbocycles. The molecule has 6 nitrogen and oxygen atoms in total. The van der Waals surface area contributed by atoms with E-state index in [0.717, 1.165) is 31.1 Å². The Bertz CT molecular complexity index is 700. The quantitative estimate of drug-likeness (QED) is 0.893. The smallest absolute Gasteiger partial charge is 0.226 e. The van der Waals surface area contributed by atoms with E-state index in [1.807, 2.05) is 30.5 Å². The first-order valence-electron chi connectivity index (χ1n) is 8.25. The summed E-state index contributed by atoms with van der Waals surface area (Å²) in [5.74, 6) is 1.14. The molecule has 2 aliphatic heterocycles. The molecule has 0 saturated carbocycles. The van der Waals surface area contributed by atoms with Gasteiger partial charge < -0.3 is 14.6 Å². The number of carbonyl (C=O) groups excluding carboxylic acids is 1. The van der Waals surface area contributed by atoms with Crippen LogP contribution in [0.1, 0.15) is 16.3 Å². The zero-order chi connectivity index (χ0) is 16.5. The van der Waals surface area contributed by atoms with Crippen molar-refractivity contribution in [2.45, 2.75) is 26.1 Å². The number of aryl methyl sites for hydroxylation is 1. The number of likely N-dealkylation sites (tertiary alicyclic amines) is 1. The largest absolute Gasteiger partial charge is 0.376 e. The number of thiophene rings is 1. The Hall–Kier alpha value is -1.70. The molecule has 2 fully saturated rings. The predicted molar refractivity (Wildman–Crippen MR) is 89.4 cm³/mol. The minimum Gasteiger partial charge on any atom is -0.376 e. The summed E-state index contributed by atoms with van der Waals surface area (Å²) in [6, 6.07) is 6.00. The van der Waals surface area contributed by atoms with Gasteiger partial charge in [-0.15, -0.1) is 11.3 Å². The van der Waals surface area contributed by atoms with Crippen molar-refractivity contribution in [1.82, 2.24) is 15.4 Å². The van der Waals surface area contributed by atoms with E-state index in [-0.39, 0.29) is 23.8 Å². The first-order chi connectivity index (χ1) is 11.7. The second kappa shape index (κ2) is 6.66. The number of aromatic nitrogens is 1. The highest BCUT2D eigenvalue weighted by molar-refractivity contribution is 7.09. The lowest BCUT2D eigenvalue weighted by Crippen LogP contribution is -2.36. The number of carbonyl (C=O) groups is 1. The van der Waals surface area contributed by atoms with Crippen LogP contribution in [0, 0.1) is 18.8 Å². The van der Waals surface area contributed by atoms with Gasteiger partial charge in [-0.3, -0.25) is 9.69 Å². The summed E-state index contributed by atoms with van der Waals surface area (Å²) in [6.45, 7) is 5.50. The molecule has 2 aliphatic rings. The van der Waals surface area contributed by atoms with Crippen molar-refractivity contribution in [3.8, 4) is 0 Å². The molecular weight excluding hydrogens is 326 g/mol. The normalized spacial score (nSPS) is 26.6. The third-order valence-electron chi connectivity index (χ3n) is 4.81. The molecule has 0 unspecified atom stereocenters. The number of amides is 1. The Kier molecular flexibility index (Phi) is 4.39. The standard InChI is InChI=1S/C17H21N3O3S/c1-11-5-12(19-23-11)7-20-8-14-15(10-22-16(14)9-20)17(21)18-6-13-3-2-4-24-13/h2-5,14-16H,6-10H2,1H3,(H,18,21)/t14-,15+,16-/m1/s1. The minimum absolute atomic E-state index is 0.0565. The van der Waals surface area contributed by atoms with Crippen molar-refractivity contribution < 1.29 is 14.1 Å². The molecule has 1 amide bonds. The van der Waals surface area contributed by atoms with Gasteiger partial charge >= 0.3 is 0 Å². The number of rotatable bonds is 5. The molecule has 4 heterocycles. The zero-order valence-corrected chi connectivity index (χ0v) is 14.4. The highest BCUT2D eigenvalue weighted by atomic mass is 32.1. The third-order valence-corrected chi connectivity index (χ3v) is 5.68. The predicted octanol–water partition coefficient (Wildman–Crippen LogP) is 1.81. The first kappa shape index (κ1) is 15.8. The van der Waals surface area contributed by atoms with Crippen molar-refractivity contribution in [3.63, 3.8) is 0 Å². The van der Waals surface area contributed by atoms with E-state index in [4.69, 9.17) is 9.26 Å². The van der Waals surface area contributed by atoms with Gasteiger partial charge in [0.25, 0.3) is 0 Å². The third kappa shape index (κ3) is 3.24. The van der Waals surface area contributed by atoms with Crippen LogP contribution in [0.3, 0.4) is 0 Å². The average Bonchev–Trinajstić information content (AvgIpc) is 3.30. The number of nitrogens with one attached hydrogen (secondary N) is 1. The highest BCUT2D eigenvalue weighted by Crippen LogP contribution is 2.34. The lowest BCUT2D eigenvalue weighted by Gasteiger charge is -2.18. The molecule has 2 aromatic heterocycles. The van der Waals surface area contributed by atoms with E-state index in [1.54, 1.807) is 11.3 Å². The van der Waals surface area contributed by atoms with E-state index in [1.165, 1.54) is 4.88 Å². The summed E-state index contributed by atoms with van der Waals surface area (Å²) < 4.78 is 11.0. The maximum absolute atomic E-state index is 12.5. The van der Waals surface area contributed by atoms with Gasteiger partial charge in [-0.05, 0) is 18.4 Å². The molecular formula is C17H21N3O3S. The molecule has 0 spiro atoms. The molecule has 2 saturated heterocycles. The topological polar surface area (TPSA) is 67.6 Å². The fraction of sp³-hybridized carbons (Fsp3) is 0.529. The first-order valence-corrected chi connectivity index (χ1v) is 9.13. The van der Waals surface area contributed by atoms with Gasteiger partial charge in [0.15, 0.2) is 0 Å². The summed E-state index contributed by atoms with van der Waals surface area (Å²) in [5.41, 5.74) is 0.936. The van der Waals surface area contributed by atoms with Crippen molar-refractivity contribution in [3.05, 3.63) is 39.9 Å². The minimum atomic E-state index is -0.0565. The van der Waals surface area contributed by atoms with E-state index in [0.29, 0.717) is 13.2 Å². The van der Waals surface area contributed by atoms with Gasteiger partial charge in [0, 0.05) is 36.5 Å². The molecule has 1 N–H and O–H groups in total. The van der Waals surface area contributed by atoms with E-state index >= 15 is 0 Å². The van der Waals surface area contributed by atoms with Gasteiger partial charge in [-0.1, -0.05) is 11.2 Å². The zero-order valence-electron chi connectivity index (χ0n) is 13.6. The van der Waals surface area contributed by atoms with Crippen LogP contribution in [0.2, 0.25) is 0 Å². The van der Waals surface area contributed by atoms with Crippen molar-refractivity contribution in [1.29, 1.82) is 0 Å². The van der Waals surface area contributed by atoms with Crippen molar-refractivity contribution >= 4 is 17.2 Å². The average molecular weight is 347 g/mol. The second-order valence-corrected chi connectivity index (χ2v) is 7.59. The fourth-order valence-electron chi connectivity index (χ4n) is 3.63. The molecule has 3 atom stereocenters. The summed E-state index contributed by atoms with van der Waals surface area (Å²) in [7, 11) is 0. The van der Waals surface area contributed by atoms with Gasteiger partial charge in [0.1, 0.15) is 5.76 Å². The lowest BCUT2D eigenvalue weighted by atomic mass is 9.92. The Morgan fingerprint density at radius 3 is 3.17 bits per heavy atom. The summed E-state index contributed by atoms with van der Waals surface area (Å²) in [4.78, 5) is 16.0.